The first-order chi connectivity index (χ1) is 9.49. The number of nitrogens with zero attached hydrogens (tertiary/aromatic N) is 1. The molecule has 0 bridgehead atoms. The van der Waals surface area contributed by atoms with Crippen molar-refractivity contribution in [2.75, 3.05) is 0 Å². The van der Waals surface area contributed by atoms with Crippen LogP contribution in [0.5, 0.6) is 0 Å². The summed E-state index contributed by atoms with van der Waals surface area (Å²) in [6.07, 6.45) is 2.37. The van der Waals surface area contributed by atoms with Crippen LogP contribution in [0, 0.1) is 5.41 Å². The average Bonchev–Trinajstić information content (AvgIpc) is 2.63. The lowest BCUT2D eigenvalue weighted by Crippen LogP contribution is -2.54. The van der Waals surface area contributed by atoms with E-state index in [1.165, 1.54) is 0 Å². The number of hydrogen-bond acceptors (Lipinski definition) is 3. The van der Waals surface area contributed by atoms with Crippen molar-refractivity contribution in [3.8, 4) is 0 Å². The quantitative estimate of drug-likeness (QED) is 0.625. The lowest BCUT2D eigenvalue weighted by Gasteiger charge is -2.41. The molecule has 1 aromatic rings. The number of hydrogen-bond donors (Lipinski definition) is 0. The Labute approximate surface area is 118 Å². The Morgan fingerprint density at radius 3 is 2.70 bits per heavy atom. The van der Waals surface area contributed by atoms with Crippen LogP contribution in [0.1, 0.15) is 25.8 Å². The van der Waals surface area contributed by atoms with E-state index in [1.54, 1.807) is 4.90 Å². The molecule has 0 spiro atoms. The molecule has 0 radical (unpaired) electrons. The van der Waals surface area contributed by atoms with Gasteiger partial charge in [-0.1, -0.05) is 44.2 Å². The molecule has 104 valence electrons. The van der Waals surface area contributed by atoms with Gasteiger partial charge in [-0.2, -0.15) is 0 Å². The monoisotopic (exact) mass is 271 g/mol. The van der Waals surface area contributed by atoms with Crippen LogP contribution in [0.15, 0.2) is 42.1 Å². The van der Waals surface area contributed by atoms with Gasteiger partial charge in [-0.3, -0.25) is 4.79 Å². The fourth-order valence-corrected chi connectivity index (χ4v) is 2.79. The molecule has 4 nitrogen and oxygen atoms in total. The van der Waals surface area contributed by atoms with E-state index >= 15 is 0 Å². The first-order valence-corrected chi connectivity index (χ1v) is 6.75. The lowest BCUT2D eigenvalue weighted by atomic mass is 9.81. The van der Waals surface area contributed by atoms with Crippen LogP contribution in [0.3, 0.4) is 0 Å². The maximum Gasteiger partial charge on any atom is 0.355 e. The molecule has 2 heterocycles. The Kier molecular flexibility index (Phi) is 2.89. The van der Waals surface area contributed by atoms with E-state index < -0.39 is 5.97 Å². The summed E-state index contributed by atoms with van der Waals surface area (Å²) in [4.78, 5) is 25.4. The molecule has 2 aliphatic rings. The minimum atomic E-state index is -0.419. The summed E-state index contributed by atoms with van der Waals surface area (Å²) < 4.78 is 5.31. The zero-order valence-corrected chi connectivity index (χ0v) is 11.6. The highest BCUT2D eigenvalue weighted by molar-refractivity contribution is 5.98. The number of ether oxygens (including phenoxy) is 1. The molecule has 1 saturated heterocycles. The molecule has 0 aromatic heterocycles. The van der Waals surface area contributed by atoms with Crippen molar-refractivity contribution >= 4 is 11.9 Å². The van der Waals surface area contributed by atoms with E-state index in [4.69, 9.17) is 4.74 Å². The van der Waals surface area contributed by atoms with E-state index in [0.717, 1.165) is 5.56 Å². The number of rotatable bonds is 3. The van der Waals surface area contributed by atoms with Crippen molar-refractivity contribution in [3.05, 3.63) is 47.7 Å². The number of amides is 1. The molecule has 0 saturated carbocycles. The van der Waals surface area contributed by atoms with Crippen LogP contribution in [-0.2, 0) is 20.9 Å². The van der Waals surface area contributed by atoms with Crippen molar-refractivity contribution in [2.24, 2.45) is 5.41 Å². The van der Waals surface area contributed by atoms with Gasteiger partial charge in [0.1, 0.15) is 12.3 Å². The van der Waals surface area contributed by atoms with Crippen LogP contribution < -0.4 is 0 Å². The van der Waals surface area contributed by atoms with Gasteiger partial charge in [0, 0.05) is 11.8 Å². The molecule has 2 aliphatic heterocycles. The van der Waals surface area contributed by atoms with Gasteiger partial charge >= 0.3 is 5.97 Å². The second-order valence-corrected chi connectivity index (χ2v) is 5.90. The molecule has 20 heavy (non-hydrogen) atoms. The van der Waals surface area contributed by atoms with E-state index in [9.17, 15) is 9.59 Å². The fraction of sp³-hybridized carbons (Fsp3) is 0.375. The summed E-state index contributed by atoms with van der Waals surface area (Å²) >= 11 is 0. The summed E-state index contributed by atoms with van der Waals surface area (Å²) in [5.74, 6) is -0.416. The van der Waals surface area contributed by atoms with E-state index in [1.807, 2.05) is 50.3 Å². The summed E-state index contributed by atoms with van der Waals surface area (Å²) in [5.41, 5.74) is 1.17. The summed E-state index contributed by atoms with van der Waals surface area (Å²) in [6.45, 7) is 4.30. The number of fused-ring (bicyclic) bond motifs is 1. The second kappa shape index (κ2) is 4.47. The first kappa shape index (κ1) is 12.9. The highest BCUT2D eigenvalue weighted by Crippen LogP contribution is 2.45. The SMILES string of the molecule is CC1(C)C=C(C(=O)OCc2ccccc2)N2C(=O)C[C@@H]21. The van der Waals surface area contributed by atoms with Crippen molar-refractivity contribution < 1.29 is 14.3 Å². The number of β-lactam (4-membered cyclic amide) rings is 1. The van der Waals surface area contributed by atoms with E-state index in [2.05, 4.69) is 0 Å². The summed E-state index contributed by atoms with van der Waals surface area (Å²) in [7, 11) is 0. The molecule has 0 aliphatic carbocycles. The van der Waals surface area contributed by atoms with Gasteiger partial charge in [0.2, 0.25) is 5.91 Å². The van der Waals surface area contributed by atoms with Gasteiger partial charge in [0.15, 0.2) is 0 Å². The van der Waals surface area contributed by atoms with Crippen molar-refractivity contribution in [2.45, 2.75) is 32.9 Å². The van der Waals surface area contributed by atoms with Gasteiger partial charge < -0.3 is 9.64 Å². The Hall–Kier alpha value is -2.10. The molecule has 1 fully saturated rings. The minimum Gasteiger partial charge on any atom is -0.456 e. The standard InChI is InChI=1S/C16H17NO3/c1-16(2)9-12(17-13(16)8-14(17)18)15(19)20-10-11-6-4-3-5-7-11/h3-7,9,13H,8,10H2,1-2H3/t13-/m1/s1. The summed E-state index contributed by atoms with van der Waals surface area (Å²) in [5, 5.41) is 0. The van der Waals surface area contributed by atoms with Gasteiger partial charge in [-0.25, -0.2) is 4.79 Å². The van der Waals surface area contributed by atoms with Crippen LogP contribution in [0.25, 0.3) is 0 Å². The molecule has 0 N–H and O–H groups in total. The highest BCUT2D eigenvalue weighted by Gasteiger charge is 2.53. The van der Waals surface area contributed by atoms with Crippen LogP contribution in [0.4, 0.5) is 0 Å². The molecular formula is C16H17NO3. The molecular weight excluding hydrogens is 254 g/mol. The van der Waals surface area contributed by atoms with Gasteiger partial charge in [0.25, 0.3) is 0 Å². The molecule has 1 atom stereocenters. The molecule has 3 rings (SSSR count). The largest absolute Gasteiger partial charge is 0.456 e. The highest BCUT2D eigenvalue weighted by atomic mass is 16.5. The van der Waals surface area contributed by atoms with Crippen LogP contribution in [-0.4, -0.2) is 22.8 Å². The van der Waals surface area contributed by atoms with Gasteiger partial charge in [-0.15, -0.1) is 0 Å². The maximum absolute atomic E-state index is 12.2. The van der Waals surface area contributed by atoms with Gasteiger partial charge in [0.05, 0.1) is 6.04 Å². The number of carbonyl (C=O) groups is 2. The molecule has 4 heteroatoms. The zero-order chi connectivity index (χ0) is 14.3. The van der Waals surface area contributed by atoms with Crippen LogP contribution >= 0.6 is 0 Å². The zero-order valence-electron chi connectivity index (χ0n) is 11.6. The third kappa shape index (κ3) is 2.01. The maximum atomic E-state index is 12.2. The number of carbonyl (C=O) groups excluding carboxylic acids is 2. The van der Waals surface area contributed by atoms with E-state index in [0.29, 0.717) is 12.1 Å². The number of esters is 1. The smallest absolute Gasteiger partial charge is 0.355 e. The number of benzene rings is 1. The topological polar surface area (TPSA) is 46.6 Å². The van der Waals surface area contributed by atoms with Crippen LogP contribution in [0.2, 0.25) is 0 Å². The minimum absolute atomic E-state index is 0.00323. The van der Waals surface area contributed by atoms with Crippen molar-refractivity contribution in [1.29, 1.82) is 0 Å². The predicted octanol–water partition coefficient (Wildman–Crippen LogP) is 2.25. The van der Waals surface area contributed by atoms with Crippen molar-refractivity contribution in [3.63, 3.8) is 0 Å². The molecule has 1 amide bonds. The van der Waals surface area contributed by atoms with Gasteiger partial charge in [-0.05, 0) is 11.6 Å². The summed E-state index contributed by atoms with van der Waals surface area (Å²) in [6, 6.07) is 9.62. The first-order valence-electron chi connectivity index (χ1n) is 6.75. The Morgan fingerprint density at radius 2 is 2.05 bits per heavy atom. The Bertz CT molecular complexity index is 589. The second-order valence-electron chi connectivity index (χ2n) is 5.90. The third-order valence-electron chi connectivity index (χ3n) is 4.00. The average molecular weight is 271 g/mol. The Morgan fingerprint density at radius 1 is 1.35 bits per heavy atom. The molecule has 1 aromatic carbocycles. The lowest BCUT2D eigenvalue weighted by molar-refractivity contribution is -0.152. The van der Waals surface area contributed by atoms with E-state index in [-0.39, 0.29) is 24.0 Å². The Balaban J connectivity index is 1.70. The third-order valence-corrected chi connectivity index (χ3v) is 4.00. The normalized spacial score (nSPS) is 22.9. The predicted molar refractivity (Wildman–Crippen MR) is 73.4 cm³/mol. The van der Waals surface area contributed by atoms with Crippen molar-refractivity contribution in [1.82, 2.24) is 4.90 Å². The fourth-order valence-electron chi connectivity index (χ4n) is 2.79. The molecule has 0 unspecified atom stereocenters.